The Morgan fingerprint density at radius 3 is 2.72 bits per heavy atom. The molecule has 0 radical (unpaired) electrons. The number of imidazole rings is 1. The molecule has 0 atom stereocenters. The lowest BCUT2D eigenvalue weighted by molar-refractivity contribution is 0.399. The van der Waals surface area contributed by atoms with E-state index in [1.165, 1.54) is 0 Å². The Morgan fingerprint density at radius 2 is 2.17 bits per heavy atom. The third-order valence-corrected chi connectivity index (χ3v) is 5.29. The number of nitrogens with two attached hydrogens (primary N) is 1. The maximum atomic E-state index is 11.4. The summed E-state index contributed by atoms with van der Waals surface area (Å²) >= 11 is 4.97. The van der Waals surface area contributed by atoms with Gasteiger partial charge in [-0.05, 0) is 25.7 Å². The lowest BCUT2D eigenvalue weighted by Gasteiger charge is -2.23. The summed E-state index contributed by atoms with van der Waals surface area (Å²) in [7, 11) is -2.81. The Kier molecular flexibility index (Phi) is 3.72. The van der Waals surface area contributed by atoms with Crippen LogP contribution < -0.4 is 5.73 Å². The van der Waals surface area contributed by atoms with Gasteiger partial charge in [0.1, 0.15) is 14.8 Å². The van der Waals surface area contributed by atoms with Gasteiger partial charge in [-0.25, -0.2) is 13.4 Å². The van der Waals surface area contributed by atoms with E-state index < -0.39 is 9.84 Å². The quantitative estimate of drug-likeness (QED) is 0.826. The van der Waals surface area contributed by atoms with Gasteiger partial charge in [-0.1, -0.05) is 12.2 Å². The number of hydrogen-bond donors (Lipinski definition) is 1. The second-order valence-electron chi connectivity index (χ2n) is 4.79. The molecule has 1 aromatic rings. The summed E-state index contributed by atoms with van der Waals surface area (Å²) in [6.07, 6.45) is 3.15. The van der Waals surface area contributed by atoms with E-state index in [1.54, 1.807) is 6.20 Å². The summed E-state index contributed by atoms with van der Waals surface area (Å²) in [6, 6.07) is 0. The second kappa shape index (κ2) is 4.97. The van der Waals surface area contributed by atoms with Crippen LogP contribution in [-0.4, -0.2) is 34.5 Å². The van der Waals surface area contributed by atoms with Gasteiger partial charge in [0.25, 0.3) is 0 Å². The standard InChI is InChI=1S/C11H17N3O2S2/c1-8-6-13-11(10(12)17)14(8)7-9-2-4-18(15,16)5-3-9/h6,9H,2-5,7H2,1H3,(H2,12,17). The molecule has 0 aliphatic carbocycles. The molecule has 5 nitrogen and oxygen atoms in total. The first-order valence-electron chi connectivity index (χ1n) is 5.91. The fraction of sp³-hybridized carbons (Fsp3) is 0.636. The molecule has 0 saturated carbocycles. The van der Waals surface area contributed by atoms with Gasteiger partial charge in [-0.2, -0.15) is 0 Å². The van der Waals surface area contributed by atoms with E-state index >= 15 is 0 Å². The first kappa shape index (κ1) is 13.5. The molecule has 2 heterocycles. The van der Waals surface area contributed by atoms with Crippen LogP contribution in [-0.2, 0) is 16.4 Å². The maximum absolute atomic E-state index is 11.4. The smallest absolute Gasteiger partial charge is 0.167 e. The number of aryl methyl sites for hydroxylation is 1. The molecule has 100 valence electrons. The van der Waals surface area contributed by atoms with Crippen molar-refractivity contribution in [3.05, 3.63) is 17.7 Å². The van der Waals surface area contributed by atoms with E-state index in [2.05, 4.69) is 4.98 Å². The van der Waals surface area contributed by atoms with Crippen molar-refractivity contribution in [2.75, 3.05) is 11.5 Å². The first-order valence-corrected chi connectivity index (χ1v) is 8.14. The molecule has 0 unspecified atom stereocenters. The normalized spacial score (nSPS) is 19.8. The Balaban J connectivity index is 2.11. The van der Waals surface area contributed by atoms with Crippen LogP contribution in [0.25, 0.3) is 0 Å². The Hall–Kier alpha value is -0.950. The second-order valence-corrected chi connectivity index (χ2v) is 7.54. The molecule has 1 saturated heterocycles. The van der Waals surface area contributed by atoms with Gasteiger partial charge in [0.2, 0.25) is 0 Å². The van der Waals surface area contributed by atoms with Crippen molar-refractivity contribution in [3.63, 3.8) is 0 Å². The van der Waals surface area contributed by atoms with E-state index in [9.17, 15) is 8.42 Å². The van der Waals surface area contributed by atoms with Crippen molar-refractivity contribution < 1.29 is 8.42 Å². The molecule has 1 aromatic heterocycles. The highest BCUT2D eigenvalue weighted by molar-refractivity contribution is 7.91. The van der Waals surface area contributed by atoms with Crippen LogP contribution in [0, 0.1) is 12.8 Å². The summed E-state index contributed by atoms with van der Waals surface area (Å²) < 4.78 is 24.8. The molecule has 1 fully saturated rings. The summed E-state index contributed by atoms with van der Waals surface area (Å²) in [6.45, 7) is 2.70. The fourth-order valence-corrected chi connectivity index (χ4v) is 4.02. The van der Waals surface area contributed by atoms with Crippen molar-refractivity contribution in [1.29, 1.82) is 0 Å². The molecule has 1 aliphatic rings. The summed E-state index contributed by atoms with van der Waals surface area (Å²) in [5.74, 6) is 1.55. The lowest BCUT2D eigenvalue weighted by Crippen LogP contribution is -2.28. The fourth-order valence-electron chi connectivity index (χ4n) is 2.27. The highest BCUT2D eigenvalue weighted by Crippen LogP contribution is 2.22. The number of thiocarbonyl (C=S) groups is 1. The van der Waals surface area contributed by atoms with E-state index in [4.69, 9.17) is 18.0 Å². The van der Waals surface area contributed by atoms with Crippen LogP contribution in [0.5, 0.6) is 0 Å². The van der Waals surface area contributed by atoms with E-state index in [-0.39, 0.29) is 16.5 Å². The van der Waals surface area contributed by atoms with Crippen molar-refractivity contribution >= 4 is 27.0 Å². The molecule has 0 bridgehead atoms. The largest absolute Gasteiger partial charge is 0.387 e. The van der Waals surface area contributed by atoms with Crippen LogP contribution in [0.4, 0.5) is 0 Å². The zero-order valence-electron chi connectivity index (χ0n) is 10.3. The van der Waals surface area contributed by atoms with Crippen molar-refractivity contribution in [2.45, 2.75) is 26.3 Å². The maximum Gasteiger partial charge on any atom is 0.167 e. The van der Waals surface area contributed by atoms with Gasteiger partial charge in [0.05, 0.1) is 11.5 Å². The Labute approximate surface area is 112 Å². The summed E-state index contributed by atoms with van der Waals surface area (Å²) in [5, 5.41) is 0. The van der Waals surface area contributed by atoms with Crippen LogP contribution in [0.1, 0.15) is 24.4 Å². The predicted octanol–water partition coefficient (Wildman–Crippen LogP) is 0.651. The zero-order valence-corrected chi connectivity index (χ0v) is 11.9. The molecule has 1 aliphatic heterocycles. The number of sulfone groups is 1. The van der Waals surface area contributed by atoms with Crippen LogP contribution in [0.3, 0.4) is 0 Å². The summed E-state index contributed by atoms with van der Waals surface area (Å²) in [5.41, 5.74) is 6.63. The molecule has 0 aromatic carbocycles. The van der Waals surface area contributed by atoms with Crippen molar-refractivity contribution in [2.24, 2.45) is 11.7 Å². The van der Waals surface area contributed by atoms with E-state index in [0.29, 0.717) is 24.6 Å². The predicted molar refractivity (Wildman–Crippen MR) is 74.2 cm³/mol. The van der Waals surface area contributed by atoms with Crippen LogP contribution >= 0.6 is 12.2 Å². The van der Waals surface area contributed by atoms with Crippen LogP contribution in [0.15, 0.2) is 6.20 Å². The monoisotopic (exact) mass is 287 g/mol. The summed E-state index contributed by atoms with van der Waals surface area (Å²) in [4.78, 5) is 4.47. The third-order valence-electron chi connectivity index (χ3n) is 3.39. The molecular weight excluding hydrogens is 270 g/mol. The Bertz CT molecular complexity index is 549. The van der Waals surface area contributed by atoms with Gasteiger partial charge in [-0.15, -0.1) is 0 Å². The molecule has 0 amide bonds. The molecule has 2 rings (SSSR count). The highest BCUT2D eigenvalue weighted by atomic mass is 32.2. The molecule has 18 heavy (non-hydrogen) atoms. The highest BCUT2D eigenvalue weighted by Gasteiger charge is 2.25. The number of nitrogens with zero attached hydrogens (tertiary/aromatic N) is 2. The minimum Gasteiger partial charge on any atom is -0.387 e. The topological polar surface area (TPSA) is 78.0 Å². The molecule has 0 spiro atoms. The number of rotatable bonds is 3. The van der Waals surface area contributed by atoms with Gasteiger partial charge in [-0.3, -0.25) is 0 Å². The van der Waals surface area contributed by atoms with Crippen molar-refractivity contribution in [3.8, 4) is 0 Å². The van der Waals surface area contributed by atoms with Crippen LogP contribution in [0.2, 0.25) is 0 Å². The average Bonchev–Trinajstić information content (AvgIpc) is 2.64. The first-order chi connectivity index (χ1) is 8.39. The third kappa shape index (κ3) is 2.89. The minimum atomic E-state index is -2.81. The van der Waals surface area contributed by atoms with Gasteiger partial charge >= 0.3 is 0 Å². The van der Waals surface area contributed by atoms with E-state index in [1.807, 2.05) is 11.5 Å². The average molecular weight is 287 g/mol. The minimum absolute atomic E-state index is 0.284. The van der Waals surface area contributed by atoms with Crippen molar-refractivity contribution in [1.82, 2.24) is 9.55 Å². The molecule has 7 heteroatoms. The van der Waals surface area contributed by atoms with Gasteiger partial charge in [0.15, 0.2) is 5.82 Å². The van der Waals surface area contributed by atoms with E-state index in [0.717, 1.165) is 12.2 Å². The zero-order chi connectivity index (χ0) is 13.3. The SMILES string of the molecule is Cc1cnc(C(N)=S)n1CC1CCS(=O)(=O)CC1. The Morgan fingerprint density at radius 1 is 1.56 bits per heavy atom. The molecule has 2 N–H and O–H groups in total. The van der Waals surface area contributed by atoms with Gasteiger partial charge in [0, 0.05) is 18.4 Å². The van der Waals surface area contributed by atoms with Gasteiger partial charge < -0.3 is 10.3 Å². The lowest BCUT2D eigenvalue weighted by atomic mass is 10.0. The molecular formula is C11H17N3O2S2. The number of aromatic nitrogens is 2. The number of hydrogen-bond acceptors (Lipinski definition) is 4.